The molecule has 0 heterocycles. The Morgan fingerprint density at radius 3 is 2.28 bits per heavy atom. The molecular weight excluding hydrogens is 463 g/mol. The van der Waals surface area contributed by atoms with Gasteiger partial charge in [0.05, 0.1) is 5.75 Å². The predicted molar refractivity (Wildman–Crippen MR) is 136 cm³/mol. The Bertz CT molecular complexity index is 902. The van der Waals surface area contributed by atoms with Gasteiger partial charge in [0.2, 0.25) is 11.8 Å². The molecule has 0 unspecified atom stereocenters. The lowest BCUT2D eigenvalue weighted by atomic mass is 10.1. The first-order valence-electron chi connectivity index (χ1n) is 10.9. The highest BCUT2D eigenvalue weighted by molar-refractivity contribution is 7.99. The van der Waals surface area contributed by atoms with Gasteiger partial charge < -0.3 is 10.2 Å². The molecule has 0 fully saturated rings. The van der Waals surface area contributed by atoms with Gasteiger partial charge in [0.25, 0.3) is 0 Å². The number of thioether (sulfide) groups is 1. The molecule has 4 nitrogen and oxygen atoms in total. The summed E-state index contributed by atoms with van der Waals surface area (Å²) in [6, 6.07) is 12.9. The molecule has 1 N–H and O–H groups in total. The van der Waals surface area contributed by atoms with E-state index in [9.17, 15) is 9.59 Å². The number of nitrogens with one attached hydrogen (secondary N) is 1. The molecule has 2 aromatic rings. The van der Waals surface area contributed by atoms with Gasteiger partial charge in [-0.15, -0.1) is 11.8 Å². The molecule has 2 amide bonds. The summed E-state index contributed by atoms with van der Waals surface area (Å²) in [6.07, 6.45) is 1.38. The van der Waals surface area contributed by atoms with Crippen molar-refractivity contribution in [2.24, 2.45) is 0 Å². The van der Waals surface area contributed by atoms with E-state index >= 15 is 0 Å². The summed E-state index contributed by atoms with van der Waals surface area (Å²) in [5.41, 5.74) is 2.95. The highest BCUT2D eigenvalue weighted by Gasteiger charge is 2.29. The van der Waals surface area contributed by atoms with Crippen LogP contribution in [0.15, 0.2) is 42.5 Å². The fourth-order valence-electron chi connectivity index (χ4n) is 3.33. The zero-order valence-corrected chi connectivity index (χ0v) is 21.5. The number of carbonyl (C=O) groups is 2. The quantitative estimate of drug-likeness (QED) is 0.401. The average molecular weight is 496 g/mol. The molecule has 0 bridgehead atoms. The fraction of sp³-hybridized carbons (Fsp3) is 0.440. The SMILES string of the molecule is CC[C@@H](C)NC(=O)[C@@H](CC)N(Cc1ccccc1C)C(=O)CSCc1c(Cl)cccc1Cl. The lowest BCUT2D eigenvalue weighted by Crippen LogP contribution is -2.51. The summed E-state index contributed by atoms with van der Waals surface area (Å²) < 4.78 is 0. The van der Waals surface area contributed by atoms with Crippen LogP contribution in [0.1, 0.15) is 50.3 Å². The van der Waals surface area contributed by atoms with Crippen LogP contribution >= 0.6 is 35.0 Å². The zero-order chi connectivity index (χ0) is 23.7. The number of rotatable bonds is 11. The van der Waals surface area contributed by atoms with E-state index in [4.69, 9.17) is 23.2 Å². The summed E-state index contributed by atoms with van der Waals surface area (Å²) in [5, 5.41) is 4.22. The van der Waals surface area contributed by atoms with Crippen LogP contribution in [0.5, 0.6) is 0 Å². The third-order valence-corrected chi connectivity index (χ3v) is 7.17. The number of aryl methyl sites for hydroxylation is 1. The monoisotopic (exact) mass is 494 g/mol. The molecule has 32 heavy (non-hydrogen) atoms. The van der Waals surface area contributed by atoms with E-state index in [0.29, 0.717) is 28.8 Å². The first kappa shape index (κ1) is 26.6. The number of carbonyl (C=O) groups excluding carboxylic acids is 2. The van der Waals surface area contributed by atoms with Gasteiger partial charge >= 0.3 is 0 Å². The van der Waals surface area contributed by atoms with Crippen molar-refractivity contribution < 1.29 is 9.59 Å². The van der Waals surface area contributed by atoms with E-state index in [0.717, 1.165) is 23.1 Å². The van der Waals surface area contributed by atoms with Crippen molar-refractivity contribution in [2.75, 3.05) is 5.75 Å². The van der Waals surface area contributed by atoms with Crippen LogP contribution in [0.4, 0.5) is 0 Å². The number of halogens is 2. The van der Waals surface area contributed by atoms with Gasteiger partial charge in [-0.2, -0.15) is 0 Å². The number of hydrogen-bond acceptors (Lipinski definition) is 3. The highest BCUT2D eigenvalue weighted by Crippen LogP contribution is 2.28. The molecule has 0 aliphatic heterocycles. The Balaban J connectivity index is 2.19. The minimum Gasteiger partial charge on any atom is -0.352 e. The van der Waals surface area contributed by atoms with E-state index in [1.807, 2.05) is 52.0 Å². The van der Waals surface area contributed by atoms with Crippen molar-refractivity contribution in [2.45, 2.75) is 64.9 Å². The number of nitrogens with zero attached hydrogens (tertiary/aromatic N) is 1. The molecule has 174 valence electrons. The van der Waals surface area contributed by atoms with E-state index in [-0.39, 0.29) is 23.6 Å². The molecule has 0 aliphatic rings. The van der Waals surface area contributed by atoms with Gasteiger partial charge in [0, 0.05) is 28.4 Å². The summed E-state index contributed by atoms with van der Waals surface area (Å²) in [4.78, 5) is 28.1. The Morgan fingerprint density at radius 2 is 1.69 bits per heavy atom. The molecule has 0 aromatic heterocycles. The van der Waals surface area contributed by atoms with Crippen LogP contribution in [0, 0.1) is 6.92 Å². The fourth-order valence-corrected chi connectivity index (χ4v) is 4.97. The Morgan fingerprint density at radius 1 is 1.03 bits per heavy atom. The van der Waals surface area contributed by atoms with Crippen LogP contribution in [-0.2, 0) is 21.9 Å². The van der Waals surface area contributed by atoms with Crippen LogP contribution in [0.25, 0.3) is 0 Å². The minimum absolute atomic E-state index is 0.0590. The van der Waals surface area contributed by atoms with Crippen molar-refractivity contribution in [3.63, 3.8) is 0 Å². The maximum absolute atomic E-state index is 13.3. The molecule has 2 atom stereocenters. The molecule has 7 heteroatoms. The Kier molecular flexibility index (Phi) is 10.9. The summed E-state index contributed by atoms with van der Waals surface area (Å²) in [6.45, 7) is 8.35. The molecule has 2 aromatic carbocycles. The largest absolute Gasteiger partial charge is 0.352 e. The second-order valence-corrected chi connectivity index (χ2v) is 9.68. The maximum atomic E-state index is 13.3. The average Bonchev–Trinajstić information content (AvgIpc) is 2.76. The number of hydrogen-bond donors (Lipinski definition) is 1. The molecule has 2 rings (SSSR count). The normalized spacial score (nSPS) is 12.8. The van der Waals surface area contributed by atoms with E-state index < -0.39 is 6.04 Å². The van der Waals surface area contributed by atoms with Gasteiger partial charge in [0.1, 0.15) is 6.04 Å². The lowest BCUT2D eigenvalue weighted by molar-refractivity contribution is -0.139. The molecule has 0 saturated carbocycles. The van der Waals surface area contributed by atoms with Crippen molar-refractivity contribution in [1.29, 1.82) is 0 Å². The van der Waals surface area contributed by atoms with Gasteiger partial charge in [-0.3, -0.25) is 9.59 Å². The molecule has 0 saturated heterocycles. The summed E-state index contributed by atoms with van der Waals surface area (Å²) in [5.74, 6) is 0.578. The number of benzene rings is 2. The predicted octanol–water partition coefficient (Wildman–Crippen LogP) is 6.26. The zero-order valence-electron chi connectivity index (χ0n) is 19.2. The molecule has 0 aliphatic carbocycles. The van der Waals surface area contributed by atoms with Crippen molar-refractivity contribution >= 4 is 46.8 Å². The third kappa shape index (κ3) is 7.43. The van der Waals surface area contributed by atoms with Gasteiger partial charge in [0.15, 0.2) is 0 Å². The summed E-state index contributed by atoms with van der Waals surface area (Å²) in [7, 11) is 0. The molecular formula is C25H32Cl2N2O2S. The molecule has 0 radical (unpaired) electrons. The minimum atomic E-state index is -0.527. The standard InChI is InChI=1S/C25H32Cl2N2O2S/c1-5-18(4)28-25(31)23(6-2)29(14-19-11-8-7-10-17(19)3)24(30)16-32-15-20-21(26)12-9-13-22(20)27/h7-13,18,23H,5-6,14-16H2,1-4H3,(H,28,31)/t18-,23-/m1/s1. The third-order valence-electron chi connectivity index (χ3n) is 5.52. The van der Waals surface area contributed by atoms with Crippen molar-refractivity contribution in [1.82, 2.24) is 10.2 Å². The van der Waals surface area contributed by atoms with Gasteiger partial charge in [-0.25, -0.2) is 0 Å². The second-order valence-electron chi connectivity index (χ2n) is 7.88. The summed E-state index contributed by atoms with van der Waals surface area (Å²) >= 11 is 14.0. The van der Waals surface area contributed by atoms with E-state index in [1.165, 1.54) is 11.8 Å². The topological polar surface area (TPSA) is 49.4 Å². The lowest BCUT2D eigenvalue weighted by Gasteiger charge is -2.32. The van der Waals surface area contributed by atoms with Crippen LogP contribution in [0.2, 0.25) is 10.0 Å². The van der Waals surface area contributed by atoms with Crippen LogP contribution < -0.4 is 5.32 Å². The first-order chi connectivity index (χ1) is 15.3. The van der Waals surface area contributed by atoms with Crippen LogP contribution in [0.3, 0.4) is 0 Å². The molecule has 0 spiro atoms. The maximum Gasteiger partial charge on any atom is 0.243 e. The van der Waals surface area contributed by atoms with E-state index in [2.05, 4.69) is 5.32 Å². The van der Waals surface area contributed by atoms with Gasteiger partial charge in [-0.1, -0.05) is 67.4 Å². The second kappa shape index (κ2) is 13.1. The van der Waals surface area contributed by atoms with Crippen LogP contribution in [-0.4, -0.2) is 34.6 Å². The van der Waals surface area contributed by atoms with Crippen molar-refractivity contribution in [3.05, 3.63) is 69.2 Å². The highest BCUT2D eigenvalue weighted by atomic mass is 35.5. The Hall–Kier alpha value is -1.69. The van der Waals surface area contributed by atoms with E-state index in [1.54, 1.807) is 23.1 Å². The smallest absolute Gasteiger partial charge is 0.243 e. The number of amides is 2. The van der Waals surface area contributed by atoms with Gasteiger partial charge in [-0.05, 0) is 55.5 Å². The first-order valence-corrected chi connectivity index (χ1v) is 12.8. The Labute approximate surface area is 206 Å². The van der Waals surface area contributed by atoms with Crippen molar-refractivity contribution in [3.8, 4) is 0 Å².